The number of hydrogen-bond donors (Lipinski definition) is 2. The Morgan fingerprint density at radius 3 is 2.80 bits per heavy atom. The smallest absolute Gasteiger partial charge is 0.307 e. The van der Waals surface area contributed by atoms with Gasteiger partial charge in [-0.3, -0.25) is 14.5 Å². The molecule has 0 bridgehead atoms. The van der Waals surface area contributed by atoms with Gasteiger partial charge >= 0.3 is 5.97 Å². The highest BCUT2D eigenvalue weighted by molar-refractivity contribution is 14.1. The van der Waals surface area contributed by atoms with E-state index in [0.717, 1.165) is 9.26 Å². The predicted octanol–water partition coefficient (Wildman–Crippen LogP) is 2.06. The number of nitrogens with zero attached hydrogens (tertiary/aromatic N) is 1. The molecule has 1 aliphatic rings. The molecule has 7 heteroatoms. The molecule has 1 unspecified atom stereocenters. The largest absolute Gasteiger partial charge is 0.481 e. The third kappa shape index (κ3) is 4.92. The standard InChI is InChI=1S/C13H15IN2O3.ClH/c14-10-2-1-3-11(6-10)15-12(17)8-16-5-4-9(7-16)13(18)19;/h1-3,6,9H,4-5,7-8H2,(H,15,17)(H,18,19);1H. The van der Waals surface area contributed by atoms with Gasteiger partial charge in [-0.1, -0.05) is 6.07 Å². The minimum atomic E-state index is -0.777. The van der Waals surface area contributed by atoms with Gasteiger partial charge in [0.15, 0.2) is 0 Å². The summed E-state index contributed by atoms with van der Waals surface area (Å²) in [4.78, 5) is 24.6. The summed E-state index contributed by atoms with van der Waals surface area (Å²) >= 11 is 2.19. The first-order valence-corrected chi connectivity index (χ1v) is 7.13. The molecular weight excluding hydrogens is 395 g/mol. The van der Waals surface area contributed by atoms with Crippen LogP contribution in [-0.4, -0.2) is 41.5 Å². The molecule has 0 radical (unpaired) electrons. The molecule has 2 N–H and O–H groups in total. The van der Waals surface area contributed by atoms with Gasteiger partial charge in [-0.2, -0.15) is 0 Å². The average molecular weight is 411 g/mol. The number of carboxylic acid groups (broad SMARTS) is 1. The monoisotopic (exact) mass is 410 g/mol. The highest BCUT2D eigenvalue weighted by Gasteiger charge is 2.28. The second-order valence-corrected chi connectivity index (χ2v) is 5.86. The number of aliphatic carboxylic acids is 1. The van der Waals surface area contributed by atoms with Crippen LogP contribution < -0.4 is 5.32 Å². The van der Waals surface area contributed by atoms with E-state index < -0.39 is 5.97 Å². The molecule has 0 aromatic heterocycles. The van der Waals surface area contributed by atoms with Crippen molar-refractivity contribution in [3.8, 4) is 0 Å². The van der Waals surface area contributed by atoms with Gasteiger partial charge < -0.3 is 10.4 Å². The van der Waals surface area contributed by atoms with Crippen LogP contribution in [0.2, 0.25) is 0 Å². The van der Waals surface area contributed by atoms with E-state index in [4.69, 9.17) is 5.11 Å². The van der Waals surface area contributed by atoms with Crippen molar-refractivity contribution in [2.45, 2.75) is 6.42 Å². The molecule has 1 aliphatic heterocycles. The summed E-state index contributed by atoms with van der Waals surface area (Å²) in [5.41, 5.74) is 0.769. The van der Waals surface area contributed by atoms with E-state index in [2.05, 4.69) is 27.9 Å². The van der Waals surface area contributed by atoms with Crippen LogP contribution in [-0.2, 0) is 9.59 Å². The molecule has 1 amide bonds. The Labute approximate surface area is 137 Å². The minimum Gasteiger partial charge on any atom is -0.481 e. The molecule has 1 heterocycles. The minimum absolute atomic E-state index is 0. The van der Waals surface area contributed by atoms with Gasteiger partial charge in [-0.05, 0) is 53.8 Å². The maximum atomic E-state index is 11.9. The van der Waals surface area contributed by atoms with Crippen molar-refractivity contribution < 1.29 is 14.7 Å². The Balaban J connectivity index is 0.00000200. The quantitative estimate of drug-likeness (QED) is 0.746. The van der Waals surface area contributed by atoms with Crippen molar-refractivity contribution in [1.82, 2.24) is 4.90 Å². The zero-order valence-electron chi connectivity index (χ0n) is 10.7. The number of halogens is 2. The van der Waals surface area contributed by atoms with E-state index in [-0.39, 0.29) is 30.8 Å². The molecule has 0 aliphatic carbocycles. The van der Waals surface area contributed by atoms with E-state index in [1.165, 1.54) is 0 Å². The van der Waals surface area contributed by atoms with Gasteiger partial charge in [0.2, 0.25) is 5.91 Å². The normalized spacial score (nSPS) is 18.4. The van der Waals surface area contributed by atoms with E-state index in [1.807, 2.05) is 29.2 Å². The molecule has 1 fully saturated rings. The molecule has 5 nitrogen and oxygen atoms in total. The van der Waals surface area contributed by atoms with Crippen molar-refractivity contribution in [2.24, 2.45) is 5.92 Å². The third-order valence-electron chi connectivity index (χ3n) is 3.10. The molecule has 0 saturated carbocycles. The Hall–Kier alpha value is -0.860. The van der Waals surface area contributed by atoms with Crippen molar-refractivity contribution in [3.63, 3.8) is 0 Å². The molecule has 1 aromatic rings. The molecular formula is C13H16ClIN2O3. The zero-order chi connectivity index (χ0) is 13.8. The second-order valence-electron chi connectivity index (χ2n) is 4.62. The number of rotatable bonds is 4. The summed E-state index contributed by atoms with van der Waals surface area (Å²) in [7, 11) is 0. The molecule has 2 rings (SSSR count). The first-order chi connectivity index (χ1) is 9.04. The van der Waals surface area contributed by atoms with Crippen molar-refractivity contribution in [3.05, 3.63) is 27.8 Å². The van der Waals surface area contributed by atoms with E-state index >= 15 is 0 Å². The highest BCUT2D eigenvalue weighted by atomic mass is 127. The van der Waals surface area contributed by atoms with Gasteiger partial charge in [0.25, 0.3) is 0 Å². The first kappa shape index (κ1) is 17.2. The number of carboxylic acids is 1. The molecule has 110 valence electrons. The Morgan fingerprint density at radius 1 is 1.45 bits per heavy atom. The Kier molecular flexibility index (Phi) is 6.70. The fraction of sp³-hybridized carbons (Fsp3) is 0.385. The van der Waals surface area contributed by atoms with Crippen molar-refractivity contribution in [2.75, 3.05) is 25.0 Å². The van der Waals surface area contributed by atoms with Crippen molar-refractivity contribution in [1.29, 1.82) is 0 Å². The van der Waals surface area contributed by atoms with Crippen LogP contribution in [0.1, 0.15) is 6.42 Å². The number of carbonyl (C=O) groups excluding carboxylic acids is 1. The first-order valence-electron chi connectivity index (χ1n) is 6.05. The van der Waals surface area contributed by atoms with Gasteiger partial charge in [0.05, 0.1) is 12.5 Å². The topological polar surface area (TPSA) is 69.6 Å². The van der Waals surface area contributed by atoms with E-state index in [9.17, 15) is 9.59 Å². The summed E-state index contributed by atoms with van der Waals surface area (Å²) in [5, 5.41) is 11.7. The summed E-state index contributed by atoms with van der Waals surface area (Å²) in [5.74, 6) is -1.22. The maximum Gasteiger partial charge on any atom is 0.307 e. The van der Waals surface area contributed by atoms with Gasteiger partial charge in [0, 0.05) is 15.8 Å². The van der Waals surface area contributed by atoms with Crippen LogP contribution in [0.25, 0.3) is 0 Å². The van der Waals surface area contributed by atoms with Crippen LogP contribution in [0.4, 0.5) is 5.69 Å². The lowest BCUT2D eigenvalue weighted by atomic mass is 10.1. The average Bonchev–Trinajstić information content (AvgIpc) is 2.77. The summed E-state index contributed by atoms with van der Waals surface area (Å²) < 4.78 is 1.06. The maximum absolute atomic E-state index is 11.9. The van der Waals surface area contributed by atoms with Crippen LogP contribution >= 0.6 is 35.0 Å². The summed E-state index contributed by atoms with van der Waals surface area (Å²) in [6.07, 6.45) is 0.617. The lowest BCUT2D eigenvalue weighted by Crippen LogP contribution is -2.32. The number of likely N-dealkylation sites (tertiary alicyclic amines) is 1. The highest BCUT2D eigenvalue weighted by Crippen LogP contribution is 2.16. The SMILES string of the molecule is Cl.O=C(CN1CCC(C(=O)O)C1)Nc1cccc(I)c1. The Bertz CT molecular complexity index is 498. The summed E-state index contributed by atoms with van der Waals surface area (Å²) in [6, 6.07) is 7.56. The molecule has 1 atom stereocenters. The number of benzene rings is 1. The lowest BCUT2D eigenvalue weighted by Gasteiger charge is -2.14. The van der Waals surface area contributed by atoms with Gasteiger partial charge in [-0.25, -0.2) is 0 Å². The van der Waals surface area contributed by atoms with E-state index in [0.29, 0.717) is 19.5 Å². The van der Waals surface area contributed by atoms with Crippen LogP contribution in [0, 0.1) is 9.49 Å². The number of amides is 1. The summed E-state index contributed by atoms with van der Waals surface area (Å²) in [6.45, 7) is 1.36. The second kappa shape index (κ2) is 7.80. The molecule has 1 saturated heterocycles. The lowest BCUT2D eigenvalue weighted by molar-refractivity contribution is -0.141. The van der Waals surface area contributed by atoms with Crippen LogP contribution in [0.15, 0.2) is 24.3 Å². The fourth-order valence-corrected chi connectivity index (χ4v) is 2.69. The third-order valence-corrected chi connectivity index (χ3v) is 3.77. The fourth-order valence-electron chi connectivity index (χ4n) is 2.15. The van der Waals surface area contributed by atoms with Gasteiger partial charge in [-0.15, -0.1) is 12.4 Å². The number of carbonyl (C=O) groups is 2. The molecule has 20 heavy (non-hydrogen) atoms. The van der Waals surface area contributed by atoms with Crippen molar-refractivity contribution >= 4 is 52.6 Å². The predicted molar refractivity (Wildman–Crippen MR) is 87.2 cm³/mol. The number of anilines is 1. The molecule has 1 aromatic carbocycles. The molecule has 0 spiro atoms. The Morgan fingerprint density at radius 2 is 2.20 bits per heavy atom. The zero-order valence-corrected chi connectivity index (χ0v) is 13.7. The number of nitrogens with one attached hydrogen (secondary N) is 1. The number of hydrogen-bond acceptors (Lipinski definition) is 3. The van der Waals surface area contributed by atoms with Gasteiger partial charge in [0.1, 0.15) is 0 Å². The van der Waals surface area contributed by atoms with E-state index in [1.54, 1.807) is 0 Å². The van der Waals surface area contributed by atoms with Crippen LogP contribution in [0.3, 0.4) is 0 Å². The van der Waals surface area contributed by atoms with Crippen LogP contribution in [0.5, 0.6) is 0 Å².